The Bertz CT molecular complexity index is 953. The fourth-order valence-electron chi connectivity index (χ4n) is 2.56. The molecule has 0 bridgehead atoms. The lowest BCUT2D eigenvalue weighted by atomic mass is 10.00. The highest BCUT2D eigenvalue weighted by Gasteiger charge is 2.10. The first-order chi connectivity index (χ1) is 9.34. The van der Waals surface area contributed by atoms with E-state index in [2.05, 4.69) is 21.2 Å². The fraction of sp³-hybridized carbons (Fsp3) is 0. The van der Waals surface area contributed by atoms with E-state index in [1.54, 1.807) is 0 Å². The maximum absolute atomic E-state index is 11.4. The Morgan fingerprint density at radius 3 is 1.89 bits per heavy atom. The number of aromatic nitrogens is 3. The van der Waals surface area contributed by atoms with Gasteiger partial charge in [-0.15, -0.1) is 0 Å². The van der Waals surface area contributed by atoms with E-state index in [4.69, 9.17) is 0 Å². The van der Waals surface area contributed by atoms with Crippen LogP contribution in [-0.4, -0.2) is 15.2 Å². The van der Waals surface area contributed by atoms with Crippen molar-refractivity contribution >= 4 is 32.6 Å². The van der Waals surface area contributed by atoms with Crippen LogP contribution in [0, 0.1) is 0 Å². The maximum atomic E-state index is 11.4. The molecule has 4 heteroatoms. The first kappa shape index (κ1) is 10.2. The predicted molar refractivity (Wildman–Crippen MR) is 75.2 cm³/mol. The summed E-state index contributed by atoms with van der Waals surface area (Å²) in [5.74, 6) is 0. The van der Waals surface area contributed by atoms with Crippen LogP contribution >= 0.6 is 0 Å². The third-order valence-electron chi connectivity index (χ3n) is 3.36. The van der Waals surface area contributed by atoms with E-state index >= 15 is 0 Å². The van der Waals surface area contributed by atoms with E-state index in [0.717, 1.165) is 27.1 Å². The molecule has 4 aromatic rings. The van der Waals surface area contributed by atoms with E-state index in [1.165, 1.54) is 0 Å². The van der Waals surface area contributed by atoms with Gasteiger partial charge in [0.1, 0.15) is 11.0 Å². The van der Waals surface area contributed by atoms with Crippen molar-refractivity contribution in [3.8, 4) is 0 Å². The average molecular weight is 247 g/mol. The van der Waals surface area contributed by atoms with Crippen LogP contribution in [0.15, 0.2) is 53.3 Å². The van der Waals surface area contributed by atoms with Crippen molar-refractivity contribution in [2.24, 2.45) is 0 Å². The number of hydrogen-bond acceptors (Lipinski definition) is 3. The molecule has 0 aliphatic rings. The molecule has 0 fully saturated rings. The summed E-state index contributed by atoms with van der Waals surface area (Å²) in [6, 6.07) is 16.0. The molecule has 0 saturated heterocycles. The molecule has 0 unspecified atom stereocenters. The zero-order valence-electron chi connectivity index (χ0n) is 9.92. The van der Waals surface area contributed by atoms with E-state index in [9.17, 15) is 4.79 Å². The molecule has 0 spiro atoms. The summed E-state index contributed by atoms with van der Waals surface area (Å²) in [6.45, 7) is 0. The van der Waals surface area contributed by atoms with Crippen molar-refractivity contribution in [1.82, 2.24) is 15.2 Å². The number of hydrogen-bond donors (Lipinski definition) is 1. The summed E-state index contributed by atoms with van der Waals surface area (Å²) >= 11 is 0. The van der Waals surface area contributed by atoms with E-state index < -0.39 is 5.69 Å². The first-order valence-electron chi connectivity index (χ1n) is 6.00. The molecule has 90 valence electrons. The van der Waals surface area contributed by atoms with Crippen molar-refractivity contribution < 1.29 is 0 Å². The van der Waals surface area contributed by atoms with Crippen LogP contribution < -0.4 is 5.69 Å². The third-order valence-corrected chi connectivity index (χ3v) is 3.36. The number of rotatable bonds is 0. The van der Waals surface area contributed by atoms with Gasteiger partial charge in [0.2, 0.25) is 0 Å². The molecule has 1 N–H and O–H groups in total. The van der Waals surface area contributed by atoms with Gasteiger partial charge in [0, 0.05) is 10.8 Å². The Kier molecular flexibility index (Phi) is 1.94. The van der Waals surface area contributed by atoms with Gasteiger partial charge in [0.15, 0.2) is 0 Å². The van der Waals surface area contributed by atoms with E-state index in [0.29, 0.717) is 5.52 Å². The number of nitrogens with zero attached hydrogens (tertiary/aromatic N) is 2. The van der Waals surface area contributed by atoms with Gasteiger partial charge < -0.3 is 0 Å². The van der Waals surface area contributed by atoms with Crippen LogP contribution in [0.2, 0.25) is 0 Å². The molecular weight excluding hydrogens is 238 g/mol. The van der Waals surface area contributed by atoms with Crippen molar-refractivity contribution in [3.63, 3.8) is 0 Å². The summed E-state index contributed by atoms with van der Waals surface area (Å²) in [5, 5.41) is 10.7. The van der Waals surface area contributed by atoms with Gasteiger partial charge in [-0.25, -0.2) is 9.89 Å². The minimum absolute atomic E-state index is 0.423. The van der Waals surface area contributed by atoms with E-state index in [-0.39, 0.29) is 0 Å². The second-order valence-corrected chi connectivity index (χ2v) is 4.43. The van der Waals surface area contributed by atoms with Crippen molar-refractivity contribution in [1.29, 1.82) is 0 Å². The molecule has 1 aromatic heterocycles. The largest absolute Gasteiger partial charge is 0.361 e. The summed E-state index contributed by atoms with van der Waals surface area (Å²) in [5.41, 5.74) is 0.958. The van der Waals surface area contributed by atoms with Crippen LogP contribution in [0.4, 0.5) is 0 Å². The van der Waals surface area contributed by atoms with Crippen LogP contribution in [0.25, 0.3) is 32.6 Å². The molecule has 0 aliphatic carbocycles. The zero-order chi connectivity index (χ0) is 12.8. The molecule has 1 heterocycles. The Labute approximate surface area is 107 Å². The lowest BCUT2D eigenvalue weighted by molar-refractivity contribution is 0.966. The molecule has 4 nitrogen and oxygen atoms in total. The number of H-pyrrole nitrogens is 1. The smallest absolute Gasteiger partial charge is 0.244 e. The molecule has 19 heavy (non-hydrogen) atoms. The number of benzene rings is 3. The van der Waals surface area contributed by atoms with Crippen LogP contribution in [0.5, 0.6) is 0 Å². The van der Waals surface area contributed by atoms with Gasteiger partial charge in [-0.2, -0.15) is 10.1 Å². The van der Waals surface area contributed by atoms with Gasteiger partial charge in [0.05, 0.1) is 0 Å². The van der Waals surface area contributed by atoms with Gasteiger partial charge in [0.25, 0.3) is 0 Å². The number of aromatic amines is 1. The number of nitrogens with one attached hydrogen (secondary N) is 1. The Hall–Kier alpha value is -2.75. The van der Waals surface area contributed by atoms with Gasteiger partial charge in [-0.1, -0.05) is 48.5 Å². The highest BCUT2D eigenvalue weighted by atomic mass is 16.1. The van der Waals surface area contributed by atoms with Crippen molar-refractivity contribution in [3.05, 3.63) is 59.0 Å². The predicted octanol–water partition coefficient (Wildman–Crippen LogP) is 2.62. The van der Waals surface area contributed by atoms with Crippen LogP contribution in [0.3, 0.4) is 0 Å². The molecule has 0 radical (unpaired) electrons. The minimum Gasteiger partial charge on any atom is -0.244 e. The quantitative estimate of drug-likeness (QED) is 0.486. The van der Waals surface area contributed by atoms with Crippen LogP contribution in [-0.2, 0) is 0 Å². The average Bonchev–Trinajstić information content (AvgIpc) is 2.47. The monoisotopic (exact) mass is 247 g/mol. The SMILES string of the molecule is O=c1nc2c3ccccc3c3ccccc3c2n[nH]1. The molecule has 0 aliphatic heterocycles. The highest BCUT2D eigenvalue weighted by Crippen LogP contribution is 2.31. The summed E-state index contributed by atoms with van der Waals surface area (Å²) in [4.78, 5) is 15.5. The molecule has 4 rings (SSSR count). The van der Waals surface area contributed by atoms with Gasteiger partial charge in [-0.05, 0) is 10.8 Å². The Morgan fingerprint density at radius 2 is 1.26 bits per heavy atom. The minimum atomic E-state index is -0.423. The Morgan fingerprint density at radius 1 is 0.737 bits per heavy atom. The second kappa shape index (κ2) is 3.62. The maximum Gasteiger partial charge on any atom is 0.361 e. The molecule has 3 aromatic carbocycles. The topological polar surface area (TPSA) is 58.6 Å². The number of fused-ring (bicyclic) bond motifs is 6. The van der Waals surface area contributed by atoms with Crippen molar-refractivity contribution in [2.45, 2.75) is 0 Å². The third kappa shape index (κ3) is 1.37. The summed E-state index contributed by atoms with van der Waals surface area (Å²) in [6.07, 6.45) is 0. The summed E-state index contributed by atoms with van der Waals surface area (Å²) < 4.78 is 0. The fourth-order valence-corrected chi connectivity index (χ4v) is 2.56. The van der Waals surface area contributed by atoms with Gasteiger partial charge in [-0.3, -0.25) is 0 Å². The lowest BCUT2D eigenvalue weighted by Gasteiger charge is -2.07. The van der Waals surface area contributed by atoms with Crippen LogP contribution in [0.1, 0.15) is 0 Å². The molecule has 0 atom stereocenters. The molecular formula is C15H9N3O. The van der Waals surface area contributed by atoms with E-state index in [1.807, 2.05) is 42.5 Å². The van der Waals surface area contributed by atoms with Crippen molar-refractivity contribution in [2.75, 3.05) is 0 Å². The normalized spacial score (nSPS) is 11.4. The standard InChI is InChI=1S/C15H9N3O/c19-15-16-13-11-7-3-1-5-9(11)10-6-2-4-8-12(10)14(13)17-18-15/h1-8H,(H,16,18,19). The van der Waals surface area contributed by atoms with Gasteiger partial charge >= 0.3 is 5.69 Å². The zero-order valence-corrected chi connectivity index (χ0v) is 9.92. The Balaban J connectivity index is 2.47. The highest BCUT2D eigenvalue weighted by molar-refractivity contribution is 6.22. The lowest BCUT2D eigenvalue weighted by Crippen LogP contribution is -2.11. The second-order valence-electron chi connectivity index (χ2n) is 4.43. The summed E-state index contributed by atoms with van der Waals surface area (Å²) in [7, 11) is 0. The molecule has 0 amide bonds. The first-order valence-corrected chi connectivity index (χ1v) is 6.00. The molecule has 0 saturated carbocycles.